The van der Waals surface area contributed by atoms with Gasteiger partial charge in [0.05, 0.1) is 5.71 Å². The number of carbonyl (C=O) groups excluding carboxylic acids is 1. The van der Waals surface area contributed by atoms with Gasteiger partial charge in [0.1, 0.15) is 11.8 Å². The molecule has 0 fully saturated rings. The first-order valence-corrected chi connectivity index (χ1v) is 8.88. The Labute approximate surface area is 160 Å². The monoisotopic (exact) mass is 364 g/mol. The van der Waals surface area contributed by atoms with E-state index >= 15 is 0 Å². The predicted octanol–water partition coefficient (Wildman–Crippen LogP) is 3.59. The maximum absolute atomic E-state index is 12.3. The molecule has 0 aromatic heterocycles. The minimum Gasteiger partial charge on any atom is -0.479 e. The van der Waals surface area contributed by atoms with Gasteiger partial charge in [-0.05, 0) is 74.9 Å². The first-order valence-electron chi connectivity index (χ1n) is 8.88. The van der Waals surface area contributed by atoms with Crippen LogP contribution in [0.5, 0.6) is 5.75 Å². The Hall–Kier alpha value is -3.33. The number of amides is 1. The van der Waals surface area contributed by atoms with E-state index in [2.05, 4.69) is 29.3 Å². The lowest BCUT2D eigenvalue weighted by Crippen LogP contribution is -2.22. The zero-order valence-electron chi connectivity index (χ0n) is 15.9. The second kappa shape index (κ2) is 9.97. The molecule has 2 rings (SSSR count). The Morgan fingerprint density at radius 3 is 2.22 bits per heavy atom. The van der Waals surface area contributed by atoms with Gasteiger partial charge in [0.15, 0.2) is 6.61 Å². The van der Waals surface area contributed by atoms with Crippen molar-refractivity contribution in [3.05, 3.63) is 59.7 Å². The van der Waals surface area contributed by atoms with Crippen LogP contribution < -0.4 is 15.1 Å². The fourth-order valence-corrected chi connectivity index (χ4v) is 2.58. The smallest absolute Gasteiger partial charge is 0.271 e. The molecule has 0 heterocycles. The normalized spacial score (nSPS) is 10.8. The van der Waals surface area contributed by atoms with Crippen LogP contribution in [0, 0.1) is 11.3 Å². The average Bonchev–Trinajstić information content (AvgIpc) is 2.72. The molecule has 2 aromatic rings. The first kappa shape index (κ1) is 20.0. The zero-order chi connectivity index (χ0) is 19.6. The van der Waals surface area contributed by atoms with E-state index in [-0.39, 0.29) is 12.5 Å². The summed E-state index contributed by atoms with van der Waals surface area (Å²) in [6.45, 7) is 7.87. The van der Waals surface area contributed by atoms with Gasteiger partial charge in [0.25, 0.3) is 5.91 Å². The van der Waals surface area contributed by atoms with Gasteiger partial charge in [-0.15, -0.1) is 0 Å². The summed E-state index contributed by atoms with van der Waals surface area (Å²) in [6, 6.07) is 16.6. The van der Waals surface area contributed by atoms with Crippen LogP contribution in [0.1, 0.15) is 36.7 Å². The molecule has 6 heteroatoms. The van der Waals surface area contributed by atoms with Crippen molar-refractivity contribution in [2.24, 2.45) is 5.10 Å². The fourth-order valence-electron chi connectivity index (χ4n) is 2.58. The summed E-state index contributed by atoms with van der Waals surface area (Å²) in [6.07, 6.45) is 0. The minimum absolute atomic E-state index is 0.00946. The van der Waals surface area contributed by atoms with Crippen molar-refractivity contribution in [2.75, 3.05) is 24.6 Å². The summed E-state index contributed by atoms with van der Waals surface area (Å²) in [5.74, 6) is 0.361. The number of ether oxygens (including phenoxy) is 1. The van der Waals surface area contributed by atoms with Gasteiger partial charge in [0.2, 0.25) is 0 Å². The standard InChI is InChI=1S/C21H24N4O2/c1-4-25(5-2)19-10-6-18(7-11-19)21(26)24-23-16(3)17-8-12-20(13-9-17)27-15-14-22/h6-13H,4-5,15H2,1-3H3,(H,24,26)/b23-16-. The lowest BCUT2D eigenvalue weighted by Gasteiger charge is -2.20. The topological polar surface area (TPSA) is 77.7 Å². The van der Waals surface area contributed by atoms with E-state index in [1.54, 1.807) is 24.3 Å². The fraction of sp³-hybridized carbons (Fsp3) is 0.286. The van der Waals surface area contributed by atoms with Crippen LogP contribution in [0.2, 0.25) is 0 Å². The highest BCUT2D eigenvalue weighted by atomic mass is 16.5. The summed E-state index contributed by atoms with van der Waals surface area (Å²) in [5.41, 5.74) is 5.77. The summed E-state index contributed by atoms with van der Waals surface area (Å²) >= 11 is 0. The molecule has 0 spiro atoms. The first-order chi connectivity index (χ1) is 13.1. The van der Waals surface area contributed by atoms with Crippen LogP contribution in [0.15, 0.2) is 53.6 Å². The number of hydrogen-bond acceptors (Lipinski definition) is 5. The van der Waals surface area contributed by atoms with Gasteiger partial charge >= 0.3 is 0 Å². The highest BCUT2D eigenvalue weighted by Gasteiger charge is 2.07. The molecule has 0 unspecified atom stereocenters. The van der Waals surface area contributed by atoms with E-state index in [1.807, 2.05) is 37.3 Å². The third-order valence-corrected chi connectivity index (χ3v) is 4.16. The molecule has 0 saturated heterocycles. The van der Waals surface area contributed by atoms with Crippen molar-refractivity contribution in [1.82, 2.24) is 5.43 Å². The molecule has 0 saturated carbocycles. The molecule has 0 aliphatic carbocycles. The average molecular weight is 364 g/mol. The van der Waals surface area contributed by atoms with E-state index in [0.29, 0.717) is 17.0 Å². The van der Waals surface area contributed by atoms with Crippen LogP contribution in [-0.4, -0.2) is 31.3 Å². The van der Waals surface area contributed by atoms with Gasteiger partial charge in [-0.1, -0.05) is 0 Å². The Bertz CT molecular complexity index is 817. The number of hydrogen-bond donors (Lipinski definition) is 1. The Morgan fingerprint density at radius 2 is 1.67 bits per heavy atom. The van der Waals surface area contributed by atoms with Crippen LogP contribution in [0.3, 0.4) is 0 Å². The summed E-state index contributed by atoms with van der Waals surface area (Å²) in [4.78, 5) is 14.5. The number of nitrogens with one attached hydrogen (secondary N) is 1. The van der Waals surface area contributed by atoms with Crippen molar-refractivity contribution < 1.29 is 9.53 Å². The number of nitrogens with zero attached hydrogens (tertiary/aromatic N) is 3. The number of nitriles is 1. The molecule has 6 nitrogen and oxygen atoms in total. The molecule has 1 amide bonds. The number of hydrazone groups is 1. The van der Waals surface area contributed by atoms with E-state index in [1.165, 1.54) is 0 Å². The highest BCUT2D eigenvalue weighted by Crippen LogP contribution is 2.15. The molecule has 0 bridgehead atoms. The molecular weight excluding hydrogens is 340 g/mol. The summed E-state index contributed by atoms with van der Waals surface area (Å²) < 4.78 is 5.21. The third kappa shape index (κ3) is 5.58. The van der Waals surface area contributed by atoms with Crippen molar-refractivity contribution in [1.29, 1.82) is 5.26 Å². The highest BCUT2D eigenvalue weighted by molar-refractivity contribution is 6.01. The van der Waals surface area contributed by atoms with Crippen LogP contribution in [-0.2, 0) is 0 Å². The van der Waals surface area contributed by atoms with Gasteiger partial charge in [0, 0.05) is 24.3 Å². The Kier molecular flexibility index (Phi) is 7.38. The van der Waals surface area contributed by atoms with Crippen LogP contribution >= 0.6 is 0 Å². The molecule has 0 radical (unpaired) electrons. The molecule has 2 aromatic carbocycles. The molecule has 0 aliphatic rings. The van der Waals surface area contributed by atoms with Gasteiger partial charge in [-0.2, -0.15) is 10.4 Å². The van der Waals surface area contributed by atoms with Crippen molar-refractivity contribution in [2.45, 2.75) is 20.8 Å². The van der Waals surface area contributed by atoms with Crippen LogP contribution in [0.25, 0.3) is 0 Å². The maximum Gasteiger partial charge on any atom is 0.271 e. The number of carbonyl (C=O) groups is 1. The number of anilines is 1. The molecule has 27 heavy (non-hydrogen) atoms. The molecule has 140 valence electrons. The van der Waals surface area contributed by atoms with Crippen molar-refractivity contribution >= 4 is 17.3 Å². The van der Waals surface area contributed by atoms with Gasteiger partial charge in [-0.3, -0.25) is 4.79 Å². The predicted molar refractivity (Wildman–Crippen MR) is 107 cm³/mol. The van der Waals surface area contributed by atoms with E-state index in [9.17, 15) is 4.79 Å². The summed E-state index contributed by atoms with van der Waals surface area (Å²) in [7, 11) is 0. The minimum atomic E-state index is -0.255. The number of rotatable bonds is 8. The lowest BCUT2D eigenvalue weighted by atomic mass is 10.1. The molecule has 1 N–H and O–H groups in total. The van der Waals surface area contributed by atoms with Crippen molar-refractivity contribution in [3.8, 4) is 11.8 Å². The Morgan fingerprint density at radius 1 is 1.07 bits per heavy atom. The summed E-state index contributed by atoms with van der Waals surface area (Å²) in [5, 5.41) is 12.7. The molecular formula is C21H24N4O2. The lowest BCUT2D eigenvalue weighted by molar-refractivity contribution is 0.0955. The second-order valence-electron chi connectivity index (χ2n) is 5.83. The van der Waals surface area contributed by atoms with E-state index < -0.39 is 0 Å². The molecule has 0 aliphatic heterocycles. The van der Waals surface area contributed by atoms with E-state index in [4.69, 9.17) is 10.00 Å². The Balaban J connectivity index is 1.99. The molecule has 0 atom stereocenters. The maximum atomic E-state index is 12.3. The zero-order valence-corrected chi connectivity index (χ0v) is 15.9. The largest absolute Gasteiger partial charge is 0.479 e. The SMILES string of the molecule is CCN(CC)c1ccc(C(=O)N/N=C(/C)c2ccc(OCC#N)cc2)cc1. The quantitative estimate of drug-likeness (QED) is 0.573. The van der Waals surface area contributed by atoms with Gasteiger partial charge in [-0.25, -0.2) is 5.43 Å². The number of benzene rings is 2. The second-order valence-corrected chi connectivity index (χ2v) is 5.83. The van der Waals surface area contributed by atoms with Crippen molar-refractivity contribution in [3.63, 3.8) is 0 Å². The van der Waals surface area contributed by atoms with Crippen LogP contribution in [0.4, 0.5) is 5.69 Å². The third-order valence-electron chi connectivity index (χ3n) is 4.16. The van der Waals surface area contributed by atoms with Gasteiger partial charge < -0.3 is 9.64 Å². The van der Waals surface area contributed by atoms with E-state index in [0.717, 1.165) is 24.3 Å².